The Hall–Kier alpha value is -3.70. The van der Waals surface area contributed by atoms with Crippen molar-refractivity contribution in [2.45, 2.75) is 15.8 Å². The molecule has 0 unspecified atom stereocenters. The molecule has 0 bridgehead atoms. The number of carbonyl (C=O) groups excluding carboxylic acids is 2. The number of carbonyl (C=O) groups is 2. The molecule has 4 aromatic rings. The van der Waals surface area contributed by atoms with Crippen LogP contribution in [0.25, 0.3) is 11.0 Å². The molecule has 0 atom stereocenters. The normalized spacial score (nSPS) is 11.3. The molecular formula is C22H18N4O5S2. The van der Waals surface area contributed by atoms with Crippen LogP contribution in [0.2, 0.25) is 0 Å². The van der Waals surface area contributed by atoms with E-state index in [1.54, 1.807) is 30.6 Å². The van der Waals surface area contributed by atoms with Crippen LogP contribution >= 0.6 is 11.8 Å². The van der Waals surface area contributed by atoms with E-state index in [0.717, 1.165) is 11.6 Å². The van der Waals surface area contributed by atoms with Gasteiger partial charge in [0.2, 0.25) is 0 Å². The standard InChI is InChI=1S/C22H18N4O5S2/c1-33(29,30)15-9-7-14(8-10-15)20(27)25-26-21(28)19-17(13-32-22-23-11-4-12-24-22)16-5-2-3-6-18(16)31-19/h2-12H,13H2,1H3,(H,25,27)(H,26,28). The van der Waals surface area contributed by atoms with E-state index in [9.17, 15) is 18.0 Å². The minimum Gasteiger partial charge on any atom is -0.451 e. The number of para-hydroxylation sites is 1. The zero-order chi connectivity index (χ0) is 23.4. The predicted molar refractivity (Wildman–Crippen MR) is 122 cm³/mol. The minimum absolute atomic E-state index is 0.0624. The fourth-order valence-corrected chi connectivity index (χ4v) is 4.48. The zero-order valence-corrected chi connectivity index (χ0v) is 18.9. The molecule has 2 heterocycles. The number of amides is 2. The van der Waals surface area contributed by atoms with Gasteiger partial charge in [-0.3, -0.25) is 20.4 Å². The zero-order valence-electron chi connectivity index (χ0n) is 17.3. The summed E-state index contributed by atoms with van der Waals surface area (Å²) in [4.78, 5) is 33.6. The monoisotopic (exact) mass is 482 g/mol. The van der Waals surface area contributed by atoms with Crippen LogP contribution in [0.1, 0.15) is 26.5 Å². The van der Waals surface area contributed by atoms with Gasteiger partial charge in [0.25, 0.3) is 5.91 Å². The maximum Gasteiger partial charge on any atom is 0.305 e. The van der Waals surface area contributed by atoms with E-state index in [1.807, 2.05) is 12.1 Å². The summed E-state index contributed by atoms with van der Waals surface area (Å²) in [6, 6.07) is 14.3. The third-order valence-corrected chi connectivity index (χ3v) is 6.66. The van der Waals surface area contributed by atoms with Gasteiger partial charge in [0.05, 0.1) is 4.90 Å². The van der Waals surface area contributed by atoms with Gasteiger partial charge in [0, 0.05) is 40.9 Å². The van der Waals surface area contributed by atoms with Crippen LogP contribution in [0, 0.1) is 0 Å². The molecule has 0 aliphatic rings. The minimum atomic E-state index is -3.37. The van der Waals surface area contributed by atoms with Gasteiger partial charge in [0.1, 0.15) is 5.58 Å². The van der Waals surface area contributed by atoms with Crippen LogP contribution < -0.4 is 10.9 Å². The number of hydrogen-bond donors (Lipinski definition) is 2. The summed E-state index contributed by atoms with van der Waals surface area (Å²) in [5.74, 6) is -0.789. The summed E-state index contributed by atoms with van der Waals surface area (Å²) < 4.78 is 28.9. The molecule has 33 heavy (non-hydrogen) atoms. The fourth-order valence-electron chi connectivity index (χ4n) is 3.02. The van der Waals surface area contributed by atoms with E-state index >= 15 is 0 Å². The molecule has 2 aromatic heterocycles. The lowest BCUT2D eigenvalue weighted by atomic mass is 10.1. The number of furan rings is 1. The first kappa shape index (κ1) is 22.5. The molecule has 0 fully saturated rings. The van der Waals surface area contributed by atoms with Gasteiger partial charge in [-0.1, -0.05) is 30.0 Å². The van der Waals surface area contributed by atoms with Crippen molar-refractivity contribution in [1.29, 1.82) is 0 Å². The van der Waals surface area contributed by atoms with Crippen molar-refractivity contribution in [2.24, 2.45) is 0 Å². The number of hydrogen-bond acceptors (Lipinski definition) is 8. The van der Waals surface area contributed by atoms with E-state index in [0.29, 0.717) is 22.1 Å². The van der Waals surface area contributed by atoms with Crippen LogP contribution in [-0.4, -0.2) is 36.5 Å². The van der Waals surface area contributed by atoms with Crippen molar-refractivity contribution < 1.29 is 22.4 Å². The number of nitrogens with zero attached hydrogens (tertiary/aromatic N) is 2. The highest BCUT2D eigenvalue weighted by molar-refractivity contribution is 7.98. The van der Waals surface area contributed by atoms with Gasteiger partial charge >= 0.3 is 5.91 Å². The average Bonchev–Trinajstić information content (AvgIpc) is 3.20. The van der Waals surface area contributed by atoms with Crippen molar-refractivity contribution in [3.8, 4) is 0 Å². The Balaban J connectivity index is 1.50. The molecule has 0 aliphatic heterocycles. The van der Waals surface area contributed by atoms with Crippen molar-refractivity contribution in [3.05, 3.63) is 83.9 Å². The Morgan fingerprint density at radius 1 is 0.939 bits per heavy atom. The summed E-state index contributed by atoms with van der Waals surface area (Å²) in [5, 5.41) is 1.33. The van der Waals surface area contributed by atoms with Gasteiger partial charge in [-0.2, -0.15) is 0 Å². The Bertz CT molecular complexity index is 1420. The van der Waals surface area contributed by atoms with E-state index < -0.39 is 21.7 Å². The highest BCUT2D eigenvalue weighted by atomic mass is 32.2. The van der Waals surface area contributed by atoms with Crippen LogP contribution in [0.15, 0.2) is 81.5 Å². The van der Waals surface area contributed by atoms with Crippen molar-refractivity contribution in [3.63, 3.8) is 0 Å². The number of aromatic nitrogens is 2. The van der Waals surface area contributed by atoms with Crippen LogP contribution in [0.3, 0.4) is 0 Å². The van der Waals surface area contributed by atoms with Gasteiger partial charge in [-0.25, -0.2) is 18.4 Å². The van der Waals surface area contributed by atoms with Crippen molar-refractivity contribution >= 4 is 44.4 Å². The summed E-state index contributed by atoms with van der Waals surface area (Å²) >= 11 is 1.35. The predicted octanol–water partition coefficient (Wildman–Crippen LogP) is 2.99. The first-order valence-electron chi connectivity index (χ1n) is 9.64. The third kappa shape index (κ3) is 5.21. The lowest BCUT2D eigenvalue weighted by Crippen LogP contribution is -2.41. The SMILES string of the molecule is CS(=O)(=O)c1ccc(C(=O)NNC(=O)c2oc3ccccc3c2CSc2ncccn2)cc1. The molecule has 0 saturated carbocycles. The maximum atomic E-state index is 12.8. The molecule has 2 N–H and O–H groups in total. The van der Waals surface area contributed by atoms with Crippen molar-refractivity contribution in [2.75, 3.05) is 6.26 Å². The number of sulfone groups is 1. The second-order valence-electron chi connectivity index (χ2n) is 6.93. The summed E-state index contributed by atoms with van der Waals surface area (Å²) in [5.41, 5.74) is 6.04. The average molecular weight is 483 g/mol. The number of thioether (sulfide) groups is 1. The van der Waals surface area contributed by atoms with E-state index in [4.69, 9.17) is 4.42 Å². The molecule has 2 aromatic carbocycles. The summed E-state index contributed by atoms with van der Waals surface area (Å²) in [6.07, 6.45) is 4.35. The Morgan fingerprint density at radius 2 is 1.61 bits per heavy atom. The number of hydrazine groups is 1. The first-order chi connectivity index (χ1) is 15.8. The maximum absolute atomic E-state index is 12.8. The largest absolute Gasteiger partial charge is 0.451 e. The molecule has 0 radical (unpaired) electrons. The highest BCUT2D eigenvalue weighted by Gasteiger charge is 2.21. The second-order valence-corrected chi connectivity index (χ2v) is 9.89. The van der Waals surface area contributed by atoms with Gasteiger partial charge in [-0.15, -0.1) is 0 Å². The molecule has 4 rings (SSSR count). The Labute approximate surface area is 193 Å². The van der Waals surface area contributed by atoms with Crippen LogP contribution in [0.5, 0.6) is 0 Å². The highest BCUT2D eigenvalue weighted by Crippen LogP contribution is 2.30. The Kier molecular flexibility index (Phi) is 6.43. The molecule has 0 aliphatic carbocycles. The lowest BCUT2D eigenvalue weighted by molar-refractivity contribution is 0.0831. The Morgan fingerprint density at radius 3 is 2.30 bits per heavy atom. The first-order valence-corrected chi connectivity index (χ1v) is 12.5. The van der Waals surface area contributed by atoms with E-state index in [1.165, 1.54) is 36.0 Å². The number of nitrogens with one attached hydrogen (secondary N) is 2. The lowest BCUT2D eigenvalue weighted by Gasteiger charge is -2.08. The topological polar surface area (TPSA) is 131 Å². The molecule has 0 saturated heterocycles. The molecule has 2 amide bonds. The second kappa shape index (κ2) is 9.43. The number of rotatable bonds is 6. The van der Waals surface area contributed by atoms with Gasteiger partial charge < -0.3 is 4.42 Å². The molecule has 9 nitrogen and oxygen atoms in total. The summed E-state index contributed by atoms with van der Waals surface area (Å²) in [6.45, 7) is 0. The number of benzene rings is 2. The quantitative estimate of drug-likeness (QED) is 0.244. The van der Waals surface area contributed by atoms with E-state index in [2.05, 4.69) is 20.8 Å². The molecule has 11 heteroatoms. The molecular weight excluding hydrogens is 464 g/mol. The fraction of sp³-hybridized carbons (Fsp3) is 0.0909. The number of fused-ring (bicyclic) bond motifs is 1. The smallest absolute Gasteiger partial charge is 0.305 e. The van der Waals surface area contributed by atoms with Crippen LogP contribution in [-0.2, 0) is 15.6 Å². The van der Waals surface area contributed by atoms with Crippen LogP contribution in [0.4, 0.5) is 0 Å². The van der Waals surface area contributed by atoms with E-state index in [-0.39, 0.29) is 16.2 Å². The van der Waals surface area contributed by atoms with Gasteiger partial charge in [0.15, 0.2) is 20.8 Å². The van der Waals surface area contributed by atoms with Crippen molar-refractivity contribution in [1.82, 2.24) is 20.8 Å². The summed E-state index contributed by atoms with van der Waals surface area (Å²) in [7, 11) is -3.37. The third-order valence-electron chi connectivity index (χ3n) is 4.63. The molecule has 168 valence electrons. The van der Waals surface area contributed by atoms with Gasteiger partial charge in [-0.05, 0) is 36.4 Å². The molecule has 0 spiro atoms.